The molecule has 1 aliphatic heterocycles. The molecule has 1 amide bonds. The van der Waals surface area contributed by atoms with Crippen molar-refractivity contribution < 1.29 is 4.79 Å². The van der Waals surface area contributed by atoms with Crippen LogP contribution in [0.1, 0.15) is 19.8 Å². The van der Waals surface area contributed by atoms with Crippen molar-refractivity contribution in [1.82, 2.24) is 9.97 Å². The van der Waals surface area contributed by atoms with E-state index < -0.39 is 0 Å². The Hall–Kier alpha value is -1.36. The second kappa shape index (κ2) is 4.65. The van der Waals surface area contributed by atoms with E-state index in [1.54, 1.807) is 0 Å². The average molecular weight is 241 g/mol. The topological polar surface area (TPSA) is 66.9 Å². The smallest absolute Gasteiger partial charge is 0.229 e. The quantitative estimate of drug-likeness (QED) is 0.775. The Morgan fingerprint density at radius 2 is 2.44 bits per heavy atom. The molecule has 1 aromatic heterocycles. The van der Waals surface area contributed by atoms with Crippen LogP contribution in [-0.4, -0.2) is 22.4 Å². The highest BCUT2D eigenvalue weighted by Gasteiger charge is 2.23. The fourth-order valence-electron chi connectivity index (χ4n) is 1.72. The van der Waals surface area contributed by atoms with Crippen LogP contribution in [0.3, 0.4) is 0 Å². The van der Waals surface area contributed by atoms with Gasteiger partial charge in [-0.05, 0) is 18.0 Å². The van der Waals surface area contributed by atoms with Gasteiger partial charge in [0.05, 0.1) is 12.1 Å². The summed E-state index contributed by atoms with van der Waals surface area (Å²) in [7, 11) is 0. The van der Waals surface area contributed by atoms with Gasteiger partial charge < -0.3 is 10.6 Å². The molecule has 2 rings (SSSR count). The Bertz CT molecular complexity index is 410. The molecule has 1 unspecified atom stereocenters. The minimum atomic E-state index is -0.0297. The lowest BCUT2D eigenvalue weighted by Crippen LogP contribution is -2.25. The van der Waals surface area contributed by atoms with E-state index in [-0.39, 0.29) is 17.1 Å². The van der Waals surface area contributed by atoms with Crippen molar-refractivity contribution in [2.75, 3.05) is 17.2 Å². The molecule has 0 aliphatic carbocycles. The SMILES string of the molecule is CCCC1CNc2nc(Cl)ncc2NC1=O. The number of carbonyl (C=O) groups excluding carboxylic acids is 1. The first kappa shape index (κ1) is 11.1. The molecule has 5 nitrogen and oxygen atoms in total. The number of amides is 1. The summed E-state index contributed by atoms with van der Waals surface area (Å²) in [4.78, 5) is 19.7. The van der Waals surface area contributed by atoms with Crippen LogP contribution >= 0.6 is 11.6 Å². The molecule has 0 aromatic carbocycles. The number of nitrogens with one attached hydrogen (secondary N) is 2. The van der Waals surface area contributed by atoms with Crippen molar-refractivity contribution in [2.24, 2.45) is 5.92 Å². The molecule has 1 aromatic rings. The summed E-state index contributed by atoms with van der Waals surface area (Å²) in [6.07, 6.45) is 3.35. The van der Waals surface area contributed by atoms with Crippen LogP contribution in [0.5, 0.6) is 0 Å². The molecule has 0 radical (unpaired) electrons. The van der Waals surface area contributed by atoms with Crippen LogP contribution in [-0.2, 0) is 4.79 Å². The van der Waals surface area contributed by atoms with Crippen molar-refractivity contribution in [2.45, 2.75) is 19.8 Å². The molecule has 16 heavy (non-hydrogen) atoms. The fourth-order valence-corrected chi connectivity index (χ4v) is 1.85. The van der Waals surface area contributed by atoms with Crippen molar-refractivity contribution in [3.05, 3.63) is 11.5 Å². The van der Waals surface area contributed by atoms with E-state index in [0.717, 1.165) is 12.8 Å². The van der Waals surface area contributed by atoms with Crippen molar-refractivity contribution in [1.29, 1.82) is 0 Å². The summed E-state index contributed by atoms with van der Waals surface area (Å²) in [5.74, 6) is 0.573. The maximum Gasteiger partial charge on any atom is 0.229 e. The third kappa shape index (κ3) is 2.24. The number of halogens is 1. The predicted octanol–water partition coefficient (Wildman–Crippen LogP) is 1.91. The summed E-state index contributed by atoms with van der Waals surface area (Å²) < 4.78 is 0. The van der Waals surface area contributed by atoms with Gasteiger partial charge in [0.1, 0.15) is 5.69 Å². The number of anilines is 2. The molecule has 0 saturated carbocycles. The van der Waals surface area contributed by atoms with Gasteiger partial charge >= 0.3 is 0 Å². The molecule has 2 heterocycles. The van der Waals surface area contributed by atoms with Gasteiger partial charge in [-0.15, -0.1) is 0 Å². The van der Waals surface area contributed by atoms with Crippen LogP contribution in [0.15, 0.2) is 6.20 Å². The highest BCUT2D eigenvalue weighted by Crippen LogP contribution is 2.24. The monoisotopic (exact) mass is 240 g/mol. The standard InChI is InChI=1S/C10H13ClN4O/c1-2-3-6-4-12-8-7(14-9(6)16)5-13-10(11)15-8/h5-6H,2-4H2,1H3,(H,14,16)(H,12,13,15). The molecule has 0 spiro atoms. The van der Waals surface area contributed by atoms with Crippen molar-refractivity contribution in [3.8, 4) is 0 Å². The number of rotatable bonds is 2. The Balaban J connectivity index is 2.22. The molecule has 0 saturated heterocycles. The third-order valence-corrected chi connectivity index (χ3v) is 2.72. The van der Waals surface area contributed by atoms with E-state index >= 15 is 0 Å². The summed E-state index contributed by atoms with van der Waals surface area (Å²) >= 11 is 5.69. The van der Waals surface area contributed by atoms with Crippen molar-refractivity contribution >= 4 is 29.0 Å². The first-order chi connectivity index (χ1) is 7.70. The Labute approximate surface area is 98.6 Å². The second-order valence-electron chi connectivity index (χ2n) is 3.76. The number of carbonyl (C=O) groups is 1. The largest absolute Gasteiger partial charge is 0.367 e. The zero-order chi connectivity index (χ0) is 11.5. The lowest BCUT2D eigenvalue weighted by atomic mass is 10.0. The molecular formula is C10H13ClN4O. The number of nitrogens with zero attached hydrogens (tertiary/aromatic N) is 2. The maximum absolute atomic E-state index is 11.8. The average Bonchev–Trinajstić information content (AvgIpc) is 2.40. The minimum absolute atomic E-state index is 0.0130. The van der Waals surface area contributed by atoms with E-state index in [2.05, 4.69) is 27.5 Å². The van der Waals surface area contributed by atoms with Gasteiger partial charge in [0, 0.05) is 6.54 Å². The van der Waals surface area contributed by atoms with Gasteiger partial charge in [-0.2, -0.15) is 4.98 Å². The van der Waals surface area contributed by atoms with E-state index in [1.165, 1.54) is 6.20 Å². The van der Waals surface area contributed by atoms with E-state index in [1.807, 2.05) is 0 Å². The first-order valence-electron chi connectivity index (χ1n) is 5.28. The number of hydrogen-bond donors (Lipinski definition) is 2. The molecule has 0 fully saturated rings. The first-order valence-corrected chi connectivity index (χ1v) is 5.65. The van der Waals surface area contributed by atoms with Gasteiger partial charge in [0.25, 0.3) is 0 Å². The summed E-state index contributed by atoms with van der Waals surface area (Å²) in [6.45, 7) is 2.64. The molecule has 1 atom stereocenters. The maximum atomic E-state index is 11.8. The Kier molecular flexibility index (Phi) is 3.24. The zero-order valence-corrected chi connectivity index (χ0v) is 9.71. The van der Waals surface area contributed by atoms with E-state index in [0.29, 0.717) is 18.1 Å². The molecule has 1 aliphatic rings. The molecular weight excluding hydrogens is 228 g/mol. The van der Waals surface area contributed by atoms with Crippen LogP contribution in [0.2, 0.25) is 5.28 Å². The van der Waals surface area contributed by atoms with Gasteiger partial charge in [0.2, 0.25) is 11.2 Å². The van der Waals surface area contributed by atoms with Crippen molar-refractivity contribution in [3.63, 3.8) is 0 Å². The van der Waals surface area contributed by atoms with Crippen LogP contribution in [0.4, 0.5) is 11.5 Å². The molecule has 86 valence electrons. The number of aromatic nitrogens is 2. The van der Waals surface area contributed by atoms with Crippen LogP contribution < -0.4 is 10.6 Å². The zero-order valence-electron chi connectivity index (χ0n) is 8.96. The lowest BCUT2D eigenvalue weighted by molar-refractivity contribution is -0.119. The molecule has 2 N–H and O–H groups in total. The summed E-state index contributed by atoms with van der Waals surface area (Å²) in [5.41, 5.74) is 0.591. The van der Waals surface area contributed by atoms with Gasteiger partial charge in [-0.3, -0.25) is 4.79 Å². The normalized spacial score (nSPS) is 19.4. The van der Waals surface area contributed by atoms with Crippen LogP contribution in [0, 0.1) is 5.92 Å². The van der Waals surface area contributed by atoms with Gasteiger partial charge in [0.15, 0.2) is 5.82 Å². The minimum Gasteiger partial charge on any atom is -0.367 e. The molecule has 0 bridgehead atoms. The molecule has 6 heteroatoms. The number of fused-ring (bicyclic) bond motifs is 1. The van der Waals surface area contributed by atoms with Gasteiger partial charge in [-0.25, -0.2) is 4.98 Å². The predicted molar refractivity (Wildman–Crippen MR) is 62.6 cm³/mol. The van der Waals surface area contributed by atoms with Crippen LogP contribution in [0.25, 0.3) is 0 Å². The van der Waals surface area contributed by atoms with E-state index in [9.17, 15) is 4.79 Å². The van der Waals surface area contributed by atoms with E-state index in [4.69, 9.17) is 11.6 Å². The highest BCUT2D eigenvalue weighted by atomic mass is 35.5. The highest BCUT2D eigenvalue weighted by molar-refractivity contribution is 6.28. The number of hydrogen-bond acceptors (Lipinski definition) is 4. The third-order valence-electron chi connectivity index (χ3n) is 2.54. The fraction of sp³-hybridized carbons (Fsp3) is 0.500. The lowest BCUT2D eigenvalue weighted by Gasteiger charge is -2.10. The second-order valence-corrected chi connectivity index (χ2v) is 4.10. The Morgan fingerprint density at radius 1 is 1.62 bits per heavy atom. The summed E-state index contributed by atoms with van der Waals surface area (Å²) in [5, 5.41) is 6.09. The van der Waals surface area contributed by atoms with Gasteiger partial charge in [-0.1, -0.05) is 13.3 Å². The Morgan fingerprint density at radius 3 is 3.19 bits per heavy atom. The summed E-state index contributed by atoms with van der Waals surface area (Å²) in [6, 6.07) is 0.